The van der Waals surface area contributed by atoms with Crippen LogP contribution in [0.3, 0.4) is 0 Å². The number of hydrogen-bond acceptors (Lipinski definition) is 4. The van der Waals surface area contributed by atoms with Crippen LogP contribution in [-0.4, -0.2) is 21.8 Å². The van der Waals surface area contributed by atoms with Crippen LogP contribution in [0.1, 0.15) is 17.0 Å². The molecule has 0 saturated carbocycles. The monoisotopic (exact) mass is 524 g/mol. The summed E-state index contributed by atoms with van der Waals surface area (Å²) >= 11 is 2.21. The van der Waals surface area contributed by atoms with Crippen LogP contribution in [0.4, 0.5) is 0 Å². The van der Waals surface area contributed by atoms with Gasteiger partial charge in [0.2, 0.25) is 0 Å². The highest BCUT2D eigenvalue weighted by molar-refractivity contribution is 14.1. The van der Waals surface area contributed by atoms with E-state index in [4.69, 9.17) is 9.72 Å². The Kier molecular flexibility index (Phi) is 6.36. The van der Waals surface area contributed by atoms with Crippen molar-refractivity contribution in [1.29, 1.82) is 0 Å². The lowest BCUT2D eigenvalue weighted by Crippen LogP contribution is -2.25. The summed E-state index contributed by atoms with van der Waals surface area (Å²) in [6.07, 6.45) is 4.42. The lowest BCUT2D eigenvalue weighted by Gasteiger charge is -2.12. The van der Waals surface area contributed by atoms with Crippen LogP contribution in [0.25, 0.3) is 23.1 Å². The number of methoxy groups -OCH3 is 1. The normalized spacial score (nSPS) is 11.3. The molecule has 1 aromatic heterocycles. The van der Waals surface area contributed by atoms with Crippen molar-refractivity contribution in [3.63, 3.8) is 0 Å². The largest absolute Gasteiger partial charge is 0.504 e. The van der Waals surface area contributed by atoms with E-state index in [1.165, 1.54) is 7.11 Å². The molecule has 1 heterocycles. The fourth-order valence-corrected chi connectivity index (χ4v) is 3.90. The zero-order chi connectivity index (χ0) is 21.8. The van der Waals surface area contributed by atoms with Crippen molar-refractivity contribution in [2.45, 2.75) is 13.0 Å². The summed E-state index contributed by atoms with van der Waals surface area (Å²) in [5.41, 5.74) is 2.61. The third-order valence-corrected chi connectivity index (χ3v) is 5.71. The maximum atomic E-state index is 13.3. The molecule has 0 aliphatic carbocycles. The van der Waals surface area contributed by atoms with Crippen molar-refractivity contribution in [1.82, 2.24) is 9.55 Å². The Morgan fingerprint density at radius 2 is 1.87 bits per heavy atom. The topological polar surface area (TPSA) is 64.3 Å². The van der Waals surface area contributed by atoms with Crippen LogP contribution in [-0.2, 0) is 13.0 Å². The number of aryl methyl sites for hydroxylation is 1. The van der Waals surface area contributed by atoms with E-state index >= 15 is 0 Å². The van der Waals surface area contributed by atoms with Gasteiger partial charge in [-0.3, -0.25) is 9.36 Å². The molecule has 0 bridgehead atoms. The Hall–Kier alpha value is -3.13. The molecule has 0 unspecified atom stereocenters. The number of phenolic OH excluding ortho intramolecular Hbond substituents is 1. The van der Waals surface area contributed by atoms with Crippen LogP contribution in [0.2, 0.25) is 0 Å². The predicted octanol–water partition coefficient (Wildman–Crippen LogP) is 5.13. The second kappa shape index (κ2) is 9.34. The van der Waals surface area contributed by atoms with Gasteiger partial charge in [-0.1, -0.05) is 42.5 Å². The first kappa shape index (κ1) is 21.1. The summed E-state index contributed by atoms with van der Waals surface area (Å²) < 4.78 is 7.90. The first-order valence-corrected chi connectivity index (χ1v) is 10.9. The molecule has 4 rings (SSSR count). The van der Waals surface area contributed by atoms with E-state index in [1.54, 1.807) is 22.8 Å². The number of halogens is 1. The van der Waals surface area contributed by atoms with Gasteiger partial charge in [-0.05, 0) is 76.5 Å². The molecule has 0 spiro atoms. The summed E-state index contributed by atoms with van der Waals surface area (Å²) in [4.78, 5) is 18.1. The lowest BCUT2D eigenvalue weighted by molar-refractivity contribution is 0.373. The number of aromatic hydroxyl groups is 1. The van der Waals surface area contributed by atoms with Crippen molar-refractivity contribution in [3.8, 4) is 11.5 Å². The third-order valence-electron chi connectivity index (χ3n) is 5.04. The number of phenols is 1. The van der Waals surface area contributed by atoms with Crippen LogP contribution >= 0.6 is 22.6 Å². The van der Waals surface area contributed by atoms with Gasteiger partial charge in [0.15, 0.2) is 11.5 Å². The molecule has 156 valence electrons. The first-order valence-electron chi connectivity index (χ1n) is 9.84. The molecule has 0 aliphatic rings. The Morgan fingerprint density at radius 1 is 1.06 bits per heavy atom. The summed E-state index contributed by atoms with van der Waals surface area (Å²) in [6, 6.07) is 20.9. The van der Waals surface area contributed by atoms with Gasteiger partial charge in [0.25, 0.3) is 5.56 Å². The van der Waals surface area contributed by atoms with E-state index in [1.807, 2.05) is 48.6 Å². The number of rotatable bonds is 6. The highest BCUT2D eigenvalue weighted by Gasteiger charge is 2.10. The van der Waals surface area contributed by atoms with E-state index in [-0.39, 0.29) is 11.3 Å². The minimum absolute atomic E-state index is 0.0533. The smallest absolute Gasteiger partial charge is 0.261 e. The Morgan fingerprint density at radius 3 is 2.65 bits per heavy atom. The third kappa shape index (κ3) is 4.80. The van der Waals surface area contributed by atoms with Crippen molar-refractivity contribution < 1.29 is 9.84 Å². The molecule has 0 fully saturated rings. The SMILES string of the molecule is COc1cc(C=Cc2nc3ccc(I)cc3c(=O)n2CCc2ccccc2)ccc1O. The maximum absolute atomic E-state index is 13.3. The fraction of sp³-hybridized carbons (Fsp3) is 0.120. The van der Waals surface area contributed by atoms with Crippen molar-refractivity contribution in [2.24, 2.45) is 0 Å². The average molecular weight is 524 g/mol. The zero-order valence-electron chi connectivity index (χ0n) is 17.0. The van der Waals surface area contributed by atoms with Gasteiger partial charge in [0.1, 0.15) is 5.82 Å². The predicted molar refractivity (Wildman–Crippen MR) is 132 cm³/mol. The average Bonchev–Trinajstić information content (AvgIpc) is 2.79. The number of hydrogen-bond donors (Lipinski definition) is 1. The Labute approximate surface area is 193 Å². The summed E-state index contributed by atoms with van der Waals surface area (Å²) in [5.74, 6) is 1.06. The fourth-order valence-electron chi connectivity index (χ4n) is 3.41. The van der Waals surface area contributed by atoms with Gasteiger partial charge < -0.3 is 9.84 Å². The number of ether oxygens (including phenoxy) is 1. The van der Waals surface area contributed by atoms with E-state index < -0.39 is 0 Å². The molecular formula is C25H21IN2O3. The van der Waals surface area contributed by atoms with Crippen molar-refractivity contribution >= 4 is 45.6 Å². The molecule has 0 atom stereocenters. The van der Waals surface area contributed by atoms with Crippen molar-refractivity contribution in [2.75, 3.05) is 7.11 Å². The maximum Gasteiger partial charge on any atom is 0.261 e. The highest BCUT2D eigenvalue weighted by atomic mass is 127. The van der Waals surface area contributed by atoms with Gasteiger partial charge in [0, 0.05) is 10.1 Å². The number of benzene rings is 3. The Balaban J connectivity index is 1.76. The molecule has 1 N–H and O–H groups in total. The van der Waals surface area contributed by atoms with Crippen LogP contribution in [0.15, 0.2) is 71.5 Å². The van der Waals surface area contributed by atoms with Gasteiger partial charge in [0.05, 0.1) is 18.0 Å². The van der Waals surface area contributed by atoms with Gasteiger partial charge in [-0.2, -0.15) is 0 Å². The van der Waals surface area contributed by atoms with E-state index in [9.17, 15) is 9.90 Å². The van der Waals surface area contributed by atoms with E-state index in [0.717, 1.165) is 21.1 Å². The van der Waals surface area contributed by atoms with Crippen molar-refractivity contribution in [3.05, 3.63) is 97.6 Å². The molecule has 0 aliphatic heterocycles. The molecule has 4 aromatic rings. The van der Waals surface area contributed by atoms with Crippen LogP contribution in [0.5, 0.6) is 11.5 Å². The van der Waals surface area contributed by atoms with Crippen LogP contribution in [0, 0.1) is 3.57 Å². The summed E-state index contributed by atoms with van der Waals surface area (Å²) in [6.45, 7) is 0.524. The standard InChI is InChI=1S/C25H21IN2O3/c1-31-23-15-18(7-11-22(23)29)8-12-24-27-21-10-9-19(26)16-20(21)25(30)28(24)14-13-17-5-3-2-4-6-17/h2-12,15-16,29H,13-14H2,1H3. The Bertz CT molecular complexity index is 1310. The molecule has 5 nitrogen and oxygen atoms in total. The first-order chi connectivity index (χ1) is 15.0. The minimum Gasteiger partial charge on any atom is -0.504 e. The van der Waals surface area contributed by atoms with Crippen LogP contribution < -0.4 is 10.3 Å². The molecule has 0 radical (unpaired) electrons. The molecule has 3 aromatic carbocycles. The second-order valence-electron chi connectivity index (χ2n) is 7.09. The molecule has 0 amide bonds. The van der Waals surface area contributed by atoms with E-state index in [2.05, 4.69) is 34.7 Å². The molecule has 31 heavy (non-hydrogen) atoms. The van der Waals surface area contributed by atoms with Gasteiger partial charge >= 0.3 is 0 Å². The molecule has 6 heteroatoms. The summed E-state index contributed by atoms with van der Waals surface area (Å²) in [5, 5.41) is 10.4. The van der Waals surface area contributed by atoms with E-state index in [0.29, 0.717) is 29.0 Å². The molecule has 0 saturated heterocycles. The molecular weight excluding hydrogens is 503 g/mol. The summed E-state index contributed by atoms with van der Waals surface area (Å²) in [7, 11) is 1.51. The number of nitrogens with zero attached hydrogens (tertiary/aromatic N) is 2. The quantitative estimate of drug-likeness (QED) is 0.356. The number of fused-ring (bicyclic) bond motifs is 1. The second-order valence-corrected chi connectivity index (χ2v) is 8.33. The minimum atomic E-state index is -0.0533. The number of aromatic nitrogens is 2. The zero-order valence-corrected chi connectivity index (χ0v) is 19.1. The lowest BCUT2D eigenvalue weighted by atomic mass is 10.1. The van der Waals surface area contributed by atoms with Gasteiger partial charge in [-0.15, -0.1) is 0 Å². The highest BCUT2D eigenvalue weighted by Crippen LogP contribution is 2.27. The van der Waals surface area contributed by atoms with Gasteiger partial charge in [-0.25, -0.2) is 4.98 Å².